The molecule has 0 saturated heterocycles. The van der Waals surface area contributed by atoms with Gasteiger partial charge in [0.1, 0.15) is 0 Å². The van der Waals surface area contributed by atoms with Crippen molar-refractivity contribution in [2.24, 2.45) is 0 Å². The van der Waals surface area contributed by atoms with Crippen molar-refractivity contribution < 1.29 is 0 Å². The van der Waals surface area contributed by atoms with Crippen LogP contribution in [0, 0.1) is 5.41 Å². The molecule has 88 valence electrons. The molecule has 0 aliphatic heterocycles. The summed E-state index contributed by atoms with van der Waals surface area (Å²) in [7, 11) is 1.88. The van der Waals surface area contributed by atoms with E-state index < -0.39 is 0 Å². The van der Waals surface area contributed by atoms with Crippen molar-refractivity contribution in [3.05, 3.63) is 46.7 Å². The summed E-state index contributed by atoms with van der Waals surface area (Å²) in [4.78, 5) is 0. The fourth-order valence-electron chi connectivity index (χ4n) is 1.37. The fraction of sp³-hybridized carbons (Fsp3) is 0.357. The van der Waals surface area contributed by atoms with Crippen LogP contribution in [0.1, 0.15) is 27.7 Å². The number of nitrogens with one attached hydrogen (secondary N) is 2. The summed E-state index contributed by atoms with van der Waals surface area (Å²) >= 11 is 0. The van der Waals surface area contributed by atoms with E-state index >= 15 is 0 Å². The molecule has 0 atom stereocenters. The van der Waals surface area contributed by atoms with Gasteiger partial charge in [-0.05, 0) is 38.8 Å². The van der Waals surface area contributed by atoms with E-state index in [0.29, 0.717) is 0 Å². The smallest absolute Gasteiger partial charge is 0.0455 e. The first kappa shape index (κ1) is 14.4. The Bertz CT molecular complexity index is 364. The van der Waals surface area contributed by atoms with Crippen molar-refractivity contribution in [3.63, 3.8) is 0 Å². The van der Waals surface area contributed by atoms with Crippen LogP contribution in [0.25, 0.3) is 0 Å². The SMILES string of the molecule is C=C/C(C)=C/C(=C(C)C)/C(NC)=C(\C)C=N. The monoisotopic (exact) mass is 218 g/mol. The van der Waals surface area contributed by atoms with Gasteiger partial charge in [0, 0.05) is 19.0 Å². The van der Waals surface area contributed by atoms with Crippen molar-refractivity contribution in [2.45, 2.75) is 27.7 Å². The maximum Gasteiger partial charge on any atom is 0.0455 e. The van der Waals surface area contributed by atoms with Gasteiger partial charge in [-0.15, -0.1) is 0 Å². The highest BCUT2D eigenvalue weighted by molar-refractivity contribution is 5.78. The molecule has 2 N–H and O–H groups in total. The fourth-order valence-corrected chi connectivity index (χ4v) is 1.37. The molecule has 0 aliphatic rings. The van der Waals surface area contributed by atoms with E-state index in [1.165, 1.54) is 11.8 Å². The molecule has 0 rings (SSSR count). The third kappa shape index (κ3) is 3.89. The average molecular weight is 218 g/mol. The van der Waals surface area contributed by atoms with E-state index in [0.717, 1.165) is 22.4 Å². The Kier molecular flexibility index (Phi) is 6.16. The van der Waals surface area contributed by atoms with E-state index in [2.05, 4.69) is 31.8 Å². The highest BCUT2D eigenvalue weighted by Crippen LogP contribution is 2.18. The summed E-state index contributed by atoms with van der Waals surface area (Å²) in [5, 5.41) is 10.5. The zero-order chi connectivity index (χ0) is 12.7. The molecular formula is C14H22N2. The van der Waals surface area contributed by atoms with E-state index in [9.17, 15) is 0 Å². The van der Waals surface area contributed by atoms with Gasteiger partial charge in [0.25, 0.3) is 0 Å². The van der Waals surface area contributed by atoms with Crippen LogP contribution in [-0.2, 0) is 0 Å². The second kappa shape index (κ2) is 6.83. The molecular weight excluding hydrogens is 196 g/mol. The first-order chi connectivity index (χ1) is 7.47. The summed E-state index contributed by atoms with van der Waals surface area (Å²) in [6, 6.07) is 0. The van der Waals surface area contributed by atoms with Gasteiger partial charge in [0.15, 0.2) is 0 Å². The van der Waals surface area contributed by atoms with E-state index in [1.807, 2.05) is 27.0 Å². The Morgan fingerprint density at radius 3 is 2.06 bits per heavy atom. The largest absolute Gasteiger partial charge is 0.387 e. The lowest BCUT2D eigenvalue weighted by Gasteiger charge is -2.13. The highest BCUT2D eigenvalue weighted by atomic mass is 14.8. The molecule has 0 saturated carbocycles. The summed E-state index contributed by atoms with van der Waals surface area (Å²) in [5.74, 6) is 0. The molecule has 0 unspecified atom stereocenters. The van der Waals surface area contributed by atoms with Crippen molar-refractivity contribution in [1.29, 1.82) is 5.41 Å². The number of hydrogen-bond acceptors (Lipinski definition) is 2. The van der Waals surface area contributed by atoms with Crippen molar-refractivity contribution in [1.82, 2.24) is 5.32 Å². The lowest BCUT2D eigenvalue weighted by Crippen LogP contribution is -2.11. The zero-order valence-corrected chi connectivity index (χ0v) is 10.9. The molecule has 0 heterocycles. The summed E-state index contributed by atoms with van der Waals surface area (Å²) in [5.41, 5.74) is 5.37. The summed E-state index contributed by atoms with van der Waals surface area (Å²) in [6.45, 7) is 11.8. The first-order valence-electron chi connectivity index (χ1n) is 5.35. The lowest BCUT2D eigenvalue weighted by atomic mass is 10.0. The predicted octanol–water partition coefficient (Wildman–Crippen LogP) is 3.60. The topological polar surface area (TPSA) is 35.9 Å². The van der Waals surface area contributed by atoms with E-state index in [1.54, 1.807) is 0 Å². The van der Waals surface area contributed by atoms with Crippen LogP contribution in [0.5, 0.6) is 0 Å². The van der Waals surface area contributed by atoms with Gasteiger partial charge in [-0.2, -0.15) is 0 Å². The Labute approximate surface area is 99.0 Å². The minimum Gasteiger partial charge on any atom is -0.387 e. The second-order valence-corrected chi connectivity index (χ2v) is 3.96. The Hall–Kier alpha value is -1.57. The van der Waals surface area contributed by atoms with Gasteiger partial charge in [-0.25, -0.2) is 0 Å². The molecule has 0 aromatic carbocycles. The van der Waals surface area contributed by atoms with E-state index in [4.69, 9.17) is 5.41 Å². The zero-order valence-electron chi connectivity index (χ0n) is 10.9. The molecule has 0 radical (unpaired) electrons. The van der Waals surface area contributed by atoms with Crippen molar-refractivity contribution >= 4 is 6.21 Å². The quantitative estimate of drug-likeness (QED) is 0.537. The standard InChI is InChI=1S/C14H22N2/c1-7-11(4)8-13(10(2)3)14(16-6)12(5)9-15/h7-9,15-16H,1H2,2-6H3/b11-8+,14-12-,15-9?. The minimum absolute atomic E-state index is 0.923. The van der Waals surface area contributed by atoms with Crippen LogP contribution in [0.3, 0.4) is 0 Å². The third-order valence-corrected chi connectivity index (χ3v) is 2.36. The Morgan fingerprint density at radius 1 is 1.19 bits per heavy atom. The molecule has 16 heavy (non-hydrogen) atoms. The lowest BCUT2D eigenvalue weighted by molar-refractivity contribution is 0.986. The highest BCUT2D eigenvalue weighted by Gasteiger charge is 2.05. The molecule has 2 heteroatoms. The number of likely N-dealkylation sites (N-methyl/N-ethyl adjacent to an activating group) is 1. The van der Waals surface area contributed by atoms with Crippen LogP contribution in [0.15, 0.2) is 46.7 Å². The van der Waals surface area contributed by atoms with Crippen LogP contribution in [0.2, 0.25) is 0 Å². The van der Waals surface area contributed by atoms with E-state index in [-0.39, 0.29) is 0 Å². The van der Waals surface area contributed by atoms with Gasteiger partial charge in [0.05, 0.1) is 0 Å². The van der Waals surface area contributed by atoms with Crippen LogP contribution >= 0.6 is 0 Å². The summed E-state index contributed by atoms with van der Waals surface area (Å²) < 4.78 is 0. The maximum atomic E-state index is 7.32. The van der Waals surface area contributed by atoms with Crippen LogP contribution in [-0.4, -0.2) is 13.3 Å². The molecule has 0 fully saturated rings. The minimum atomic E-state index is 0.923. The van der Waals surface area contributed by atoms with Crippen molar-refractivity contribution in [2.75, 3.05) is 7.05 Å². The molecule has 0 bridgehead atoms. The van der Waals surface area contributed by atoms with Crippen LogP contribution in [0.4, 0.5) is 0 Å². The van der Waals surface area contributed by atoms with Gasteiger partial charge < -0.3 is 10.7 Å². The number of allylic oxidation sites excluding steroid dienone is 5. The van der Waals surface area contributed by atoms with Gasteiger partial charge in [-0.3, -0.25) is 0 Å². The van der Waals surface area contributed by atoms with Gasteiger partial charge in [0.2, 0.25) is 0 Å². The molecule has 2 nitrogen and oxygen atoms in total. The van der Waals surface area contributed by atoms with Crippen LogP contribution < -0.4 is 5.32 Å². The normalized spacial score (nSPS) is 12.7. The molecule has 0 aromatic heterocycles. The van der Waals surface area contributed by atoms with Crippen molar-refractivity contribution in [3.8, 4) is 0 Å². The molecule has 0 aliphatic carbocycles. The maximum absolute atomic E-state index is 7.32. The number of hydrogen-bond donors (Lipinski definition) is 2. The third-order valence-electron chi connectivity index (χ3n) is 2.36. The average Bonchev–Trinajstić information content (AvgIpc) is 2.27. The molecule has 0 aromatic rings. The first-order valence-corrected chi connectivity index (χ1v) is 5.35. The summed E-state index contributed by atoms with van der Waals surface area (Å²) in [6.07, 6.45) is 5.28. The second-order valence-electron chi connectivity index (χ2n) is 3.96. The molecule has 0 amide bonds. The van der Waals surface area contributed by atoms with Gasteiger partial charge in [-0.1, -0.05) is 29.9 Å². The molecule has 0 spiro atoms. The van der Waals surface area contributed by atoms with Gasteiger partial charge >= 0.3 is 0 Å². The predicted molar refractivity (Wildman–Crippen MR) is 72.9 cm³/mol. The Morgan fingerprint density at radius 2 is 1.75 bits per heavy atom. The number of rotatable bonds is 5. The Balaban J connectivity index is 5.66.